The fourth-order valence-electron chi connectivity index (χ4n) is 2.86. The Kier molecular flexibility index (Phi) is 2.86. The van der Waals surface area contributed by atoms with E-state index < -0.39 is 0 Å². The smallest absolute Gasteiger partial charge is 0.159 e. The SMILES string of the molecule is CC1CC(C)N(c2nnc(Cl)c3ccccc23)C1. The molecule has 0 aliphatic carbocycles. The second-order valence-corrected chi connectivity index (χ2v) is 5.56. The maximum atomic E-state index is 6.11. The molecule has 2 atom stereocenters. The van der Waals surface area contributed by atoms with Crippen LogP contribution in [-0.2, 0) is 0 Å². The predicted octanol–water partition coefficient (Wildman–Crippen LogP) is 3.52. The van der Waals surface area contributed by atoms with Gasteiger partial charge in [-0.25, -0.2) is 0 Å². The standard InChI is InChI=1S/C14H16ClN3/c1-9-7-10(2)18(8-9)14-12-6-4-3-5-11(12)13(15)16-17-14/h3-6,9-10H,7-8H2,1-2H3. The normalized spacial score (nSPS) is 23.8. The van der Waals surface area contributed by atoms with Gasteiger partial charge in [-0.1, -0.05) is 42.8 Å². The van der Waals surface area contributed by atoms with Gasteiger partial charge in [-0.3, -0.25) is 0 Å². The van der Waals surface area contributed by atoms with Gasteiger partial charge in [0.15, 0.2) is 11.0 Å². The molecular weight excluding hydrogens is 246 g/mol. The Labute approximate surface area is 112 Å². The van der Waals surface area contributed by atoms with Crippen molar-refractivity contribution in [1.29, 1.82) is 0 Å². The number of aromatic nitrogens is 2. The summed E-state index contributed by atoms with van der Waals surface area (Å²) in [5.74, 6) is 1.67. The number of hydrogen-bond donors (Lipinski definition) is 0. The minimum Gasteiger partial charge on any atom is -0.352 e. The van der Waals surface area contributed by atoms with Crippen LogP contribution in [0.25, 0.3) is 10.8 Å². The molecule has 4 heteroatoms. The number of rotatable bonds is 1. The summed E-state index contributed by atoms with van der Waals surface area (Å²) in [5.41, 5.74) is 0. The van der Waals surface area contributed by atoms with E-state index in [4.69, 9.17) is 11.6 Å². The number of benzene rings is 1. The Morgan fingerprint density at radius 2 is 1.89 bits per heavy atom. The molecule has 0 bridgehead atoms. The highest BCUT2D eigenvalue weighted by Crippen LogP contribution is 2.33. The van der Waals surface area contributed by atoms with E-state index in [0.717, 1.165) is 23.1 Å². The summed E-state index contributed by atoms with van der Waals surface area (Å²) in [6.07, 6.45) is 1.21. The van der Waals surface area contributed by atoms with Crippen LogP contribution in [0.3, 0.4) is 0 Å². The summed E-state index contributed by atoms with van der Waals surface area (Å²) in [7, 11) is 0. The van der Waals surface area contributed by atoms with E-state index in [1.54, 1.807) is 0 Å². The zero-order valence-corrected chi connectivity index (χ0v) is 11.4. The second kappa shape index (κ2) is 4.39. The van der Waals surface area contributed by atoms with E-state index in [0.29, 0.717) is 17.1 Å². The molecule has 1 aliphatic heterocycles. The first-order chi connectivity index (χ1) is 8.66. The lowest BCUT2D eigenvalue weighted by atomic mass is 10.1. The first-order valence-electron chi connectivity index (χ1n) is 6.34. The number of nitrogens with zero attached hydrogens (tertiary/aromatic N) is 3. The molecule has 3 rings (SSSR count). The van der Waals surface area contributed by atoms with Crippen molar-refractivity contribution in [3.63, 3.8) is 0 Å². The van der Waals surface area contributed by atoms with Gasteiger partial charge < -0.3 is 4.90 Å². The highest BCUT2D eigenvalue weighted by Gasteiger charge is 2.28. The van der Waals surface area contributed by atoms with E-state index in [-0.39, 0.29) is 0 Å². The zero-order valence-electron chi connectivity index (χ0n) is 10.6. The molecule has 1 aromatic carbocycles. The first-order valence-corrected chi connectivity index (χ1v) is 6.72. The van der Waals surface area contributed by atoms with Crippen LogP contribution in [-0.4, -0.2) is 22.8 Å². The Morgan fingerprint density at radius 1 is 1.17 bits per heavy atom. The zero-order chi connectivity index (χ0) is 12.7. The van der Waals surface area contributed by atoms with Gasteiger partial charge in [0.2, 0.25) is 0 Å². The van der Waals surface area contributed by atoms with Crippen molar-refractivity contribution in [1.82, 2.24) is 10.2 Å². The quantitative estimate of drug-likeness (QED) is 0.787. The van der Waals surface area contributed by atoms with E-state index in [1.165, 1.54) is 6.42 Å². The van der Waals surface area contributed by atoms with Crippen LogP contribution in [0.1, 0.15) is 20.3 Å². The van der Waals surface area contributed by atoms with Crippen LogP contribution >= 0.6 is 11.6 Å². The van der Waals surface area contributed by atoms with Gasteiger partial charge in [-0.2, -0.15) is 0 Å². The Morgan fingerprint density at radius 3 is 2.56 bits per heavy atom. The molecule has 0 spiro atoms. The summed E-state index contributed by atoms with van der Waals surface area (Å²) >= 11 is 6.11. The third kappa shape index (κ3) is 1.83. The van der Waals surface area contributed by atoms with Crippen molar-refractivity contribution in [3.05, 3.63) is 29.4 Å². The molecule has 3 nitrogen and oxygen atoms in total. The van der Waals surface area contributed by atoms with E-state index in [2.05, 4.69) is 35.0 Å². The highest BCUT2D eigenvalue weighted by molar-refractivity contribution is 6.34. The number of fused-ring (bicyclic) bond motifs is 1. The lowest BCUT2D eigenvalue weighted by Gasteiger charge is -2.23. The van der Waals surface area contributed by atoms with E-state index in [1.807, 2.05) is 18.2 Å². The molecule has 0 saturated carbocycles. The molecule has 0 radical (unpaired) electrons. The molecule has 1 aliphatic rings. The summed E-state index contributed by atoms with van der Waals surface area (Å²) in [5, 5.41) is 11.0. The van der Waals surface area contributed by atoms with Gasteiger partial charge in [-0.15, -0.1) is 10.2 Å². The Bertz CT molecular complexity index is 584. The van der Waals surface area contributed by atoms with Crippen LogP contribution in [0.4, 0.5) is 5.82 Å². The lowest BCUT2D eigenvalue weighted by molar-refractivity contribution is 0.625. The third-order valence-corrected chi connectivity index (χ3v) is 3.96. The molecule has 2 aromatic rings. The van der Waals surface area contributed by atoms with Gasteiger partial charge in [0.05, 0.1) is 0 Å². The summed E-state index contributed by atoms with van der Waals surface area (Å²) in [6.45, 7) is 5.57. The lowest BCUT2D eigenvalue weighted by Crippen LogP contribution is -2.28. The van der Waals surface area contributed by atoms with Gasteiger partial charge >= 0.3 is 0 Å². The van der Waals surface area contributed by atoms with Gasteiger partial charge in [0.1, 0.15) is 0 Å². The summed E-state index contributed by atoms with van der Waals surface area (Å²) < 4.78 is 0. The minimum absolute atomic E-state index is 0.481. The van der Waals surface area contributed by atoms with Gasteiger partial charge in [-0.05, 0) is 19.3 Å². The largest absolute Gasteiger partial charge is 0.352 e. The maximum Gasteiger partial charge on any atom is 0.159 e. The molecule has 94 valence electrons. The van der Waals surface area contributed by atoms with Gasteiger partial charge in [0.25, 0.3) is 0 Å². The Hall–Kier alpha value is -1.35. The van der Waals surface area contributed by atoms with E-state index >= 15 is 0 Å². The molecule has 1 fully saturated rings. The molecule has 2 heterocycles. The predicted molar refractivity (Wildman–Crippen MR) is 75.1 cm³/mol. The van der Waals surface area contributed by atoms with Crippen LogP contribution in [0, 0.1) is 5.92 Å². The molecule has 2 unspecified atom stereocenters. The van der Waals surface area contributed by atoms with Crippen molar-refractivity contribution in [2.45, 2.75) is 26.3 Å². The molecule has 0 amide bonds. The van der Waals surface area contributed by atoms with Crippen molar-refractivity contribution in [3.8, 4) is 0 Å². The van der Waals surface area contributed by atoms with E-state index in [9.17, 15) is 0 Å². The fraction of sp³-hybridized carbons (Fsp3) is 0.429. The number of anilines is 1. The van der Waals surface area contributed by atoms with Gasteiger partial charge in [0, 0.05) is 23.4 Å². The Balaban J connectivity index is 2.15. The van der Waals surface area contributed by atoms with Crippen molar-refractivity contribution < 1.29 is 0 Å². The topological polar surface area (TPSA) is 29.0 Å². The number of halogens is 1. The van der Waals surface area contributed by atoms with Crippen molar-refractivity contribution >= 4 is 28.2 Å². The maximum absolute atomic E-state index is 6.11. The van der Waals surface area contributed by atoms with Crippen LogP contribution in [0.15, 0.2) is 24.3 Å². The monoisotopic (exact) mass is 261 g/mol. The van der Waals surface area contributed by atoms with Crippen LogP contribution in [0.5, 0.6) is 0 Å². The molecule has 0 N–H and O–H groups in total. The average molecular weight is 262 g/mol. The second-order valence-electron chi connectivity index (χ2n) is 5.20. The highest BCUT2D eigenvalue weighted by atomic mass is 35.5. The minimum atomic E-state index is 0.481. The molecule has 18 heavy (non-hydrogen) atoms. The average Bonchev–Trinajstić information content (AvgIpc) is 2.69. The number of hydrogen-bond acceptors (Lipinski definition) is 3. The van der Waals surface area contributed by atoms with Crippen LogP contribution < -0.4 is 4.90 Å². The van der Waals surface area contributed by atoms with Crippen LogP contribution in [0.2, 0.25) is 5.15 Å². The summed E-state index contributed by atoms with van der Waals surface area (Å²) in [6, 6.07) is 8.59. The molecule has 1 saturated heterocycles. The summed E-state index contributed by atoms with van der Waals surface area (Å²) in [4.78, 5) is 2.34. The first kappa shape index (κ1) is 11.7. The fourth-order valence-corrected chi connectivity index (χ4v) is 3.07. The van der Waals surface area contributed by atoms with Crippen molar-refractivity contribution in [2.75, 3.05) is 11.4 Å². The molecule has 1 aromatic heterocycles. The van der Waals surface area contributed by atoms with Crippen molar-refractivity contribution in [2.24, 2.45) is 5.92 Å². The third-order valence-electron chi connectivity index (χ3n) is 3.68. The molecular formula is C14H16ClN3.